The molecule has 108 valence electrons. The summed E-state index contributed by atoms with van der Waals surface area (Å²) in [5, 5.41) is 5.87. The second-order valence-corrected chi connectivity index (χ2v) is 5.02. The third-order valence-electron chi connectivity index (χ3n) is 3.52. The molecule has 2 rings (SSSR count). The molecule has 20 heavy (non-hydrogen) atoms. The second kappa shape index (κ2) is 7.05. The van der Waals surface area contributed by atoms with Crippen LogP contribution in [0.5, 0.6) is 0 Å². The first-order valence-corrected chi connectivity index (χ1v) is 6.83. The van der Waals surface area contributed by atoms with Crippen molar-refractivity contribution in [3.63, 3.8) is 0 Å². The molecule has 0 radical (unpaired) electrons. The van der Waals surface area contributed by atoms with Crippen molar-refractivity contribution in [3.05, 3.63) is 35.4 Å². The van der Waals surface area contributed by atoms with E-state index in [0.29, 0.717) is 11.5 Å². The quantitative estimate of drug-likeness (QED) is 0.779. The SMILES string of the molecule is COC(=O)CNC(=O)c1ccc(CC2CCNC2)cc1. The Balaban J connectivity index is 1.86. The maximum absolute atomic E-state index is 11.8. The van der Waals surface area contributed by atoms with Crippen LogP contribution in [-0.2, 0) is 16.0 Å². The summed E-state index contributed by atoms with van der Waals surface area (Å²) in [6, 6.07) is 7.55. The maximum Gasteiger partial charge on any atom is 0.325 e. The number of carbonyl (C=O) groups is 2. The Hall–Kier alpha value is -1.88. The molecular weight excluding hydrogens is 256 g/mol. The topological polar surface area (TPSA) is 67.4 Å². The molecule has 1 heterocycles. The van der Waals surface area contributed by atoms with Crippen molar-refractivity contribution in [2.75, 3.05) is 26.7 Å². The molecular formula is C15H20N2O3. The Morgan fingerprint density at radius 3 is 2.70 bits per heavy atom. The average Bonchev–Trinajstić information content (AvgIpc) is 2.98. The Morgan fingerprint density at radius 1 is 1.35 bits per heavy atom. The van der Waals surface area contributed by atoms with Gasteiger partial charge in [0.1, 0.15) is 6.54 Å². The van der Waals surface area contributed by atoms with Crippen LogP contribution in [0.2, 0.25) is 0 Å². The fourth-order valence-corrected chi connectivity index (χ4v) is 2.34. The van der Waals surface area contributed by atoms with Crippen molar-refractivity contribution in [1.29, 1.82) is 0 Å². The smallest absolute Gasteiger partial charge is 0.325 e. The summed E-state index contributed by atoms with van der Waals surface area (Å²) in [6.07, 6.45) is 2.25. The van der Waals surface area contributed by atoms with Gasteiger partial charge in [-0.05, 0) is 49.5 Å². The molecule has 2 N–H and O–H groups in total. The van der Waals surface area contributed by atoms with Crippen molar-refractivity contribution >= 4 is 11.9 Å². The Bertz CT molecular complexity index is 465. The third-order valence-corrected chi connectivity index (χ3v) is 3.52. The van der Waals surface area contributed by atoms with Crippen LogP contribution in [0.1, 0.15) is 22.3 Å². The number of hydrogen-bond acceptors (Lipinski definition) is 4. The van der Waals surface area contributed by atoms with Crippen LogP contribution >= 0.6 is 0 Å². The van der Waals surface area contributed by atoms with E-state index in [-0.39, 0.29) is 12.5 Å². The van der Waals surface area contributed by atoms with Gasteiger partial charge in [-0.15, -0.1) is 0 Å². The molecule has 0 bridgehead atoms. The van der Waals surface area contributed by atoms with E-state index < -0.39 is 5.97 Å². The maximum atomic E-state index is 11.8. The molecule has 1 aromatic rings. The molecule has 1 unspecified atom stereocenters. The average molecular weight is 276 g/mol. The molecule has 1 amide bonds. The molecule has 0 spiro atoms. The highest BCUT2D eigenvalue weighted by Gasteiger charge is 2.15. The first kappa shape index (κ1) is 14.5. The van der Waals surface area contributed by atoms with Gasteiger partial charge in [0, 0.05) is 5.56 Å². The van der Waals surface area contributed by atoms with Crippen molar-refractivity contribution in [3.8, 4) is 0 Å². The summed E-state index contributed by atoms with van der Waals surface area (Å²) in [6.45, 7) is 2.06. The van der Waals surface area contributed by atoms with Gasteiger partial charge in [-0.3, -0.25) is 9.59 Å². The standard InChI is InChI=1S/C15H20N2O3/c1-20-14(18)10-17-15(19)13-4-2-11(3-5-13)8-12-6-7-16-9-12/h2-5,12,16H,6-10H2,1H3,(H,17,19). The van der Waals surface area contributed by atoms with Gasteiger partial charge in [0.15, 0.2) is 0 Å². The zero-order valence-corrected chi connectivity index (χ0v) is 11.6. The van der Waals surface area contributed by atoms with Gasteiger partial charge in [-0.25, -0.2) is 0 Å². The minimum atomic E-state index is -0.455. The summed E-state index contributed by atoms with van der Waals surface area (Å²) < 4.78 is 4.47. The molecule has 0 aromatic heterocycles. The summed E-state index contributed by atoms with van der Waals surface area (Å²) in [4.78, 5) is 22.7. The van der Waals surface area contributed by atoms with Gasteiger partial charge in [0.25, 0.3) is 5.91 Å². The summed E-state index contributed by atoms with van der Waals surface area (Å²) in [5.74, 6) is -0.0258. The van der Waals surface area contributed by atoms with E-state index in [1.807, 2.05) is 12.1 Å². The van der Waals surface area contributed by atoms with Crippen molar-refractivity contribution in [2.24, 2.45) is 5.92 Å². The molecule has 1 aliphatic heterocycles. The van der Waals surface area contributed by atoms with Gasteiger partial charge < -0.3 is 15.4 Å². The lowest BCUT2D eigenvalue weighted by Gasteiger charge is -2.09. The Labute approximate surface area is 118 Å². The number of benzene rings is 1. The summed E-state index contributed by atoms with van der Waals surface area (Å²) in [5.41, 5.74) is 1.80. The third kappa shape index (κ3) is 4.06. The van der Waals surface area contributed by atoms with Crippen molar-refractivity contribution in [1.82, 2.24) is 10.6 Å². The number of esters is 1. The second-order valence-electron chi connectivity index (χ2n) is 5.02. The normalized spacial score (nSPS) is 17.8. The number of methoxy groups -OCH3 is 1. The van der Waals surface area contributed by atoms with Crippen LogP contribution in [0, 0.1) is 5.92 Å². The monoisotopic (exact) mass is 276 g/mol. The zero-order valence-electron chi connectivity index (χ0n) is 11.6. The van der Waals surface area contributed by atoms with Crippen molar-refractivity contribution < 1.29 is 14.3 Å². The lowest BCUT2D eigenvalue weighted by molar-refractivity contribution is -0.139. The summed E-state index contributed by atoms with van der Waals surface area (Å²) in [7, 11) is 1.29. The molecule has 0 saturated carbocycles. The molecule has 5 heteroatoms. The zero-order chi connectivity index (χ0) is 14.4. The van der Waals surface area contributed by atoms with Crippen LogP contribution in [0.4, 0.5) is 0 Å². The van der Waals surface area contributed by atoms with Gasteiger partial charge in [0.2, 0.25) is 0 Å². The molecule has 0 aliphatic carbocycles. The highest BCUT2D eigenvalue weighted by molar-refractivity contribution is 5.95. The van der Waals surface area contributed by atoms with Crippen LogP contribution in [0.25, 0.3) is 0 Å². The molecule has 1 saturated heterocycles. The lowest BCUT2D eigenvalue weighted by atomic mass is 9.98. The number of ether oxygens (including phenoxy) is 1. The molecule has 1 fully saturated rings. The number of amides is 1. The van der Waals surface area contributed by atoms with Crippen LogP contribution in [0.3, 0.4) is 0 Å². The Morgan fingerprint density at radius 2 is 2.10 bits per heavy atom. The minimum absolute atomic E-state index is 0.106. The fraction of sp³-hybridized carbons (Fsp3) is 0.467. The van der Waals surface area contributed by atoms with E-state index in [0.717, 1.165) is 19.5 Å². The van der Waals surface area contributed by atoms with E-state index >= 15 is 0 Å². The van der Waals surface area contributed by atoms with E-state index in [1.165, 1.54) is 19.1 Å². The first-order chi connectivity index (χ1) is 9.69. The first-order valence-electron chi connectivity index (χ1n) is 6.83. The number of nitrogens with one attached hydrogen (secondary N) is 2. The molecule has 1 aromatic carbocycles. The number of carbonyl (C=O) groups excluding carboxylic acids is 2. The highest BCUT2D eigenvalue weighted by Crippen LogP contribution is 2.15. The highest BCUT2D eigenvalue weighted by atomic mass is 16.5. The van der Waals surface area contributed by atoms with Gasteiger partial charge in [-0.1, -0.05) is 12.1 Å². The fourth-order valence-electron chi connectivity index (χ4n) is 2.34. The molecule has 5 nitrogen and oxygen atoms in total. The van der Waals surface area contributed by atoms with Crippen molar-refractivity contribution in [2.45, 2.75) is 12.8 Å². The van der Waals surface area contributed by atoms with E-state index in [2.05, 4.69) is 15.4 Å². The van der Waals surface area contributed by atoms with Crippen LogP contribution in [0.15, 0.2) is 24.3 Å². The molecule has 1 aliphatic rings. The molecule has 1 atom stereocenters. The number of rotatable bonds is 5. The van der Waals surface area contributed by atoms with Gasteiger partial charge >= 0.3 is 5.97 Å². The van der Waals surface area contributed by atoms with Crippen LogP contribution < -0.4 is 10.6 Å². The largest absolute Gasteiger partial charge is 0.468 e. The van der Waals surface area contributed by atoms with E-state index in [1.54, 1.807) is 12.1 Å². The van der Waals surface area contributed by atoms with E-state index in [4.69, 9.17) is 0 Å². The minimum Gasteiger partial charge on any atom is -0.468 e. The van der Waals surface area contributed by atoms with Gasteiger partial charge in [0.05, 0.1) is 7.11 Å². The predicted molar refractivity (Wildman–Crippen MR) is 75.5 cm³/mol. The Kier molecular flexibility index (Phi) is 5.12. The van der Waals surface area contributed by atoms with Gasteiger partial charge in [-0.2, -0.15) is 0 Å². The predicted octanol–water partition coefficient (Wildman–Crippen LogP) is 0.741. The lowest BCUT2D eigenvalue weighted by Crippen LogP contribution is -2.30. The number of hydrogen-bond donors (Lipinski definition) is 2. The van der Waals surface area contributed by atoms with E-state index in [9.17, 15) is 9.59 Å². The summed E-state index contributed by atoms with van der Waals surface area (Å²) >= 11 is 0. The van der Waals surface area contributed by atoms with Crippen LogP contribution in [-0.4, -0.2) is 38.6 Å².